The van der Waals surface area contributed by atoms with Crippen molar-refractivity contribution in [1.82, 2.24) is 0 Å². The normalized spacial score (nSPS) is 11.2. The number of nitrogens with zero attached hydrogens (tertiary/aromatic N) is 1. The highest BCUT2D eigenvalue weighted by molar-refractivity contribution is 7.26. The van der Waals surface area contributed by atoms with Crippen LogP contribution in [-0.2, 0) is 0 Å². The van der Waals surface area contributed by atoms with Crippen molar-refractivity contribution >= 4 is 48.6 Å². The van der Waals surface area contributed by atoms with Gasteiger partial charge in [-0.25, -0.2) is 0 Å². The van der Waals surface area contributed by atoms with Gasteiger partial charge in [-0.3, -0.25) is 0 Å². The number of hydrogen-bond acceptors (Lipinski definition) is 2. The number of benzene rings is 10. The Morgan fingerprint density at radius 2 is 0.774 bits per heavy atom. The average molecular weight is 808 g/mol. The monoisotopic (exact) mass is 807 g/mol. The van der Waals surface area contributed by atoms with Crippen molar-refractivity contribution < 1.29 is 0 Å². The van der Waals surface area contributed by atoms with Gasteiger partial charge < -0.3 is 4.90 Å². The maximum atomic E-state index is 2.46. The summed E-state index contributed by atoms with van der Waals surface area (Å²) in [5, 5.41) is 2.61. The average Bonchev–Trinajstić information content (AvgIpc) is 3.74. The van der Waals surface area contributed by atoms with Gasteiger partial charge in [-0.1, -0.05) is 206 Å². The van der Waals surface area contributed by atoms with Crippen LogP contribution in [0.1, 0.15) is 0 Å². The second-order valence-corrected chi connectivity index (χ2v) is 16.7. The third-order valence-electron chi connectivity index (χ3n) is 11.9. The molecule has 11 aromatic rings. The van der Waals surface area contributed by atoms with Crippen LogP contribution in [-0.4, -0.2) is 0 Å². The first kappa shape index (κ1) is 37.2. The molecule has 0 spiro atoms. The Hall–Kier alpha value is -7.78. The molecule has 1 nitrogen and oxygen atoms in total. The molecular weight excluding hydrogens is 767 g/mol. The van der Waals surface area contributed by atoms with Gasteiger partial charge in [0, 0.05) is 37.1 Å². The number of rotatable bonds is 9. The standard InChI is InChI=1S/C60H41NS/c1-4-18-42(19-5-1)46-24-14-25-47(40-46)43-36-38-49(39-37-43)61(50-27-15-26-48(41-50)53-32-16-33-56-54-29-12-13-35-58(54)62-60(53)56)57-34-17-31-52(45-22-8-3-9-23-45)59(57)55-30-11-10-28-51(55)44-20-6-2-7-21-44/h1-41H. The van der Waals surface area contributed by atoms with Gasteiger partial charge in [0.15, 0.2) is 0 Å². The molecule has 0 amide bonds. The Balaban J connectivity index is 1.13. The lowest BCUT2D eigenvalue weighted by Crippen LogP contribution is -2.12. The zero-order valence-electron chi connectivity index (χ0n) is 34.0. The fourth-order valence-electron chi connectivity index (χ4n) is 8.96. The SMILES string of the molecule is c1ccc(-c2cccc(-c3ccc(N(c4cccc(-c5cccc6c5sc5ccccc56)c4)c4cccc(-c5ccccc5)c4-c4ccccc4-c4ccccc4)cc3)c2)cc1. The van der Waals surface area contributed by atoms with E-state index in [0.717, 1.165) is 17.1 Å². The first-order chi connectivity index (χ1) is 30.8. The molecule has 0 radical (unpaired) electrons. The van der Waals surface area contributed by atoms with Crippen molar-refractivity contribution in [1.29, 1.82) is 0 Å². The Kier molecular flexibility index (Phi) is 9.82. The van der Waals surface area contributed by atoms with Gasteiger partial charge >= 0.3 is 0 Å². The van der Waals surface area contributed by atoms with E-state index >= 15 is 0 Å². The van der Waals surface area contributed by atoms with Gasteiger partial charge in [0.1, 0.15) is 0 Å². The first-order valence-electron chi connectivity index (χ1n) is 21.2. The van der Waals surface area contributed by atoms with Crippen LogP contribution < -0.4 is 4.90 Å². The van der Waals surface area contributed by atoms with E-state index in [9.17, 15) is 0 Å². The second-order valence-electron chi connectivity index (χ2n) is 15.6. The molecule has 0 unspecified atom stereocenters. The zero-order chi connectivity index (χ0) is 41.2. The molecule has 62 heavy (non-hydrogen) atoms. The highest BCUT2D eigenvalue weighted by Gasteiger charge is 2.23. The van der Waals surface area contributed by atoms with Crippen LogP contribution in [0.3, 0.4) is 0 Å². The zero-order valence-corrected chi connectivity index (χ0v) is 34.8. The van der Waals surface area contributed by atoms with E-state index in [1.807, 2.05) is 11.3 Å². The fraction of sp³-hybridized carbons (Fsp3) is 0. The van der Waals surface area contributed by atoms with Crippen LogP contribution in [0.25, 0.3) is 86.9 Å². The van der Waals surface area contributed by atoms with Crippen molar-refractivity contribution in [2.75, 3.05) is 4.90 Å². The largest absolute Gasteiger partial charge is 0.310 e. The molecule has 0 aliphatic heterocycles. The molecule has 0 fully saturated rings. The first-order valence-corrected chi connectivity index (χ1v) is 22.0. The summed E-state index contributed by atoms with van der Waals surface area (Å²) in [6, 6.07) is 90.4. The molecule has 292 valence electrons. The minimum absolute atomic E-state index is 1.08. The Morgan fingerprint density at radius 3 is 1.52 bits per heavy atom. The van der Waals surface area contributed by atoms with Gasteiger partial charge in [-0.05, 0) is 104 Å². The lowest BCUT2D eigenvalue weighted by molar-refractivity contribution is 1.28. The molecule has 0 aliphatic rings. The highest BCUT2D eigenvalue weighted by Crippen LogP contribution is 2.49. The number of thiophene rings is 1. The van der Waals surface area contributed by atoms with Crippen LogP contribution in [0, 0.1) is 0 Å². The van der Waals surface area contributed by atoms with E-state index in [2.05, 4.69) is 254 Å². The number of hydrogen-bond donors (Lipinski definition) is 0. The summed E-state index contributed by atoms with van der Waals surface area (Å²) in [7, 11) is 0. The smallest absolute Gasteiger partial charge is 0.0546 e. The molecule has 0 aliphatic carbocycles. The van der Waals surface area contributed by atoms with Crippen molar-refractivity contribution in [3.8, 4) is 66.8 Å². The Bertz CT molecular complexity index is 3330. The minimum Gasteiger partial charge on any atom is -0.310 e. The summed E-state index contributed by atoms with van der Waals surface area (Å²) in [5.74, 6) is 0. The molecule has 0 saturated heterocycles. The lowest BCUT2D eigenvalue weighted by Gasteiger charge is -2.30. The molecular formula is C60H41NS. The summed E-state index contributed by atoms with van der Waals surface area (Å²) in [4.78, 5) is 2.46. The number of fused-ring (bicyclic) bond motifs is 3. The van der Waals surface area contributed by atoms with Gasteiger partial charge in [-0.2, -0.15) is 0 Å². The predicted molar refractivity (Wildman–Crippen MR) is 267 cm³/mol. The van der Waals surface area contributed by atoms with Gasteiger partial charge in [0.2, 0.25) is 0 Å². The molecule has 11 rings (SSSR count). The molecule has 0 N–H and O–H groups in total. The molecule has 10 aromatic carbocycles. The molecule has 0 atom stereocenters. The fourth-order valence-corrected chi connectivity index (χ4v) is 10.2. The van der Waals surface area contributed by atoms with E-state index in [-0.39, 0.29) is 0 Å². The third kappa shape index (κ3) is 6.97. The summed E-state index contributed by atoms with van der Waals surface area (Å²) in [6.07, 6.45) is 0. The minimum atomic E-state index is 1.08. The van der Waals surface area contributed by atoms with Gasteiger partial charge in [0.25, 0.3) is 0 Å². The van der Waals surface area contributed by atoms with Crippen LogP contribution in [0.5, 0.6) is 0 Å². The van der Waals surface area contributed by atoms with E-state index in [0.29, 0.717) is 0 Å². The third-order valence-corrected chi connectivity index (χ3v) is 13.1. The van der Waals surface area contributed by atoms with E-state index < -0.39 is 0 Å². The van der Waals surface area contributed by atoms with E-state index in [1.54, 1.807) is 0 Å². The van der Waals surface area contributed by atoms with Gasteiger partial charge in [0.05, 0.1) is 5.69 Å². The molecule has 0 bridgehead atoms. The van der Waals surface area contributed by atoms with E-state index in [1.165, 1.54) is 86.9 Å². The van der Waals surface area contributed by atoms with Crippen LogP contribution in [0.2, 0.25) is 0 Å². The van der Waals surface area contributed by atoms with Crippen molar-refractivity contribution in [2.45, 2.75) is 0 Å². The van der Waals surface area contributed by atoms with Crippen LogP contribution in [0.4, 0.5) is 17.1 Å². The van der Waals surface area contributed by atoms with Crippen LogP contribution >= 0.6 is 11.3 Å². The van der Waals surface area contributed by atoms with Crippen molar-refractivity contribution in [2.24, 2.45) is 0 Å². The lowest BCUT2D eigenvalue weighted by atomic mass is 9.87. The summed E-state index contributed by atoms with van der Waals surface area (Å²) < 4.78 is 2.62. The quantitative estimate of drug-likeness (QED) is 0.140. The van der Waals surface area contributed by atoms with Gasteiger partial charge in [-0.15, -0.1) is 11.3 Å². The number of anilines is 3. The summed E-state index contributed by atoms with van der Waals surface area (Å²) >= 11 is 1.87. The topological polar surface area (TPSA) is 3.24 Å². The predicted octanol–water partition coefficient (Wildman–Crippen LogP) is 17.5. The maximum absolute atomic E-state index is 2.46. The molecule has 0 saturated carbocycles. The van der Waals surface area contributed by atoms with Crippen molar-refractivity contribution in [3.63, 3.8) is 0 Å². The Labute approximate surface area is 367 Å². The molecule has 1 heterocycles. The second kappa shape index (κ2) is 16.3. The Morgan fingerprint density at radius 1 is 0.274 bits per heavy atom. The van der Waals surface area contributed by atoms with Crippen LogP contribution in [0.15, 0.2) is 249 Å². The summed E-state index contributed by atoms with van der Waals surface area (Å²) in [6.45, 7) is 0. The maximum Gasteiger partial charge on any atom is 0.0546 e. The summed E-state index contributed by atoms with van der Waals surface area (Å²) in [5.41, 5.74) is 17.6. The van der Waals surface area contributed by atoms with Crippen molar-refractivity contribution in [3.05, 3.63) is 249 Å². The molecule has 1 aromatic heterocycles. The molecule has 2 heteroatoms. The van der Waals surface area contributed by atoms with E-state index in [4.69, 9.17) is 0 Å². The highest BCUT2D eigenvalue weighted by atomic mass is 32.1.